The minimum atomic E-state index is -0.00846. The van der Waals surface area contributed by atoms with Gasteiger partial charge in [-0.15, -0.1) is 0 Å². The fraction of sp³-hybridized carbons (Fsp3) is 0.444. The van der Waals surface area contributed by atoms with Gasteiger partial charge in [-0.25, -0.2) is 4.98 Å². The minimum absolute atomic E-state index is 0.00846. The van der Waals surface area contributed by atoms with Crippen LogP contribution in [0.15, 0.2) is 48.8 Å². The van der Waals surface area contributed by atoms with Gasteiger partial charge in [-0.2, -0.15) is 0 Å². The minimum Gasteiger partial charge on any atom is -0.379 e. The molecule has 5 heterocycles. The summed E-state index contributed by atoms with van der Waals surface area (Å²) in [5, 5.41) is 4.40. The summed E-state index contributed by atoms with van der Waals surface area (Å²) in [5.74, 6) is 0.982. The Balaban J connectivity index is 1.48. The van der Waals surface area contributed by atoms with Crippen LogP contribution in [0.25, 0.3) is 5.82 Å². The van der Waals surface area contributed by atoms with Crippen LogP contribution in [-0.4, -0.2) is 68.8 Å². The molecule has 3 aromatic rings. The molecule has 7 nitrogen and oxygen atoms in total. The SMILES string of the molecule is Cc1cccnc1-n1c(C)cc(C2C(c3ccccn3)NC(=S)N2CCCN2CCOCC2)c1C. The van der Waals surface area contributed by atoms with Gasteiger partial charge in [0.1, 0.15) is 5.82 Å². The molecule has 3 aromatic heterocycles. The van der Waals surface area contributed by atoms with E-state index in [1.54, 1.807) is 0 Å². The van der Waals surface area contributed by atoms with Crippen LogP contribution in [0.3, 0.4) is 0 Å². The molecule has 184 valence electrons. The number of thiocarbonyl (C=S) groups is 1. The Morgan fingerprint density at radius 2 is 1.83 bits per heavy atom. The Hall–Kier alpha value is -2.81. The van der Waals surface area contributed by atoms with Crippen molar-refractivity contribution in [2.45, 2.75) is 39.3 Å². The van der Waals surface area contributed by atoms with Crippen molar-refractivity contribution in [1.82, 2.24) is 29.7 Å². The summed E-state index contributed by atoms with van der Waals surface area (Å²) in [7, 11) is 0. The van der Waals surface area contributed by atoms with E-state index in [9.17, 15) is 0 Å². The van der Waals surface area contributed by atoms with E-state index < -0.39 is 0 Å². The van der Waals surface area contributed by atoms with Crippen molar-refractivity contribution in [3.05, 3.63) is 77.0 Å². The Labute approximate surface area is 213 Å². The Bertz CT molecular complexity index is 1170. The van der Waals surface area contributed by atoms with Crippen LogP contribution < -0.4 is 5.32 Å². The van der Waals surface area contributed by atoms with Crippen molar-refractivity contribution >= 4 is 17.3 Å². The van der Waals surface area contributed by atoms with Gasteiger partial charge in [0.05, 0.1) is 31.0 Å². The highest BCUT2D eigenvalue weighted by Crippen LogP contribution is 2.41. The van der Waals surface area contributed by atoms with Gasteiger partial charge in [0.15, 0.2) is 5.11 Å². The molecule has 2 atom stereocenters. The van der Waals surface area contributed by atoms with E-state index in [0.717, 1.165) is 68.0 Å². The number of aryl methyl sites for hydroxylation is 2. The molecule has 8 heteroatoms. The largest absolute Gasteiger partial charge is 0.379 e. The van der Waals surface area contributed by atoms with E-state index in [4.69, 9.17) is 26.9 Å². The maximum atomic E-state index is 5.90. The van der Waals surface area contributed by atoms with Gasteiger partial charge in [0.25, 0.3) is 0 Å². The monoisotopic (exact) mass is 490 g/mol. The average molecular weight is 491 g/mol. The number of morpholine rings is 1. The summed E-state index contributed by atoms with van der Waals surface area (Å²) in [5.41, 5.74) is 5.80. The second-order valence-corrected chi connectivity index (χ2v) is 9.82. The lowest BCUT2D eigenvalue weighted by Gasteiger charge is -2.30. The molecule has 5 rings (SSSR count). The van der Waals surface area contributed by atoms with Gasteiger partial charge < -0.3 is 19.5 Å². The fourth-order valence-electron chi connectivity index (χ4n) is 5.40. The summed E-state index contributed by atoms with van der Waals surface area (Å²) in [4.78, 5) is 14.3. The number of aromatic nitrogens is 3. The van der Waals surface area contributed by atoms with Crippen LogP contribution in [0.5, 0.6) is 0 Å². The number of nitrogens with one attached hydrogen (secondary N) is 1. The van der Waals surface area contributed by atoms with Gasteiger partial charge in [-0.3, -0.25) is 9.88 Å². The lowest BCUT2D eigenvalue weighted by molar-refractivity contribution is 0.0365. The van der Waals surface area contributed by atoms with Gasteiger partial charge in [0, 0.05) is 50.0 Å². The highest BCUT2D eigenvalue weighted by Gasteiger charge is 2.41. The van der Waals surface area contributed by atoms with E-state index in [1.165, 1.54) is 17.0 Å². The van der Waals surface area contributed by atoms with E-state index in [-0.39, 0.29) is 12.1 Å². The third-order valence-electron chi connectivity index (χ3n) is 7.16. The van der Waals surface area contributed by atoms with Crippen molar-refractivity contribution in [3.63, 3.8) is 0 Å². The fourth-order valence-corrected chi connectivity index (χ4v) is 5.73. The second-order valence-electron chi connectivity index (χ2n) is 9.43. The standard InChI is InChI=1S/C27H34N6OS/c1-19-8-6-11-29-26(19)33-20(2)18-22(21(33)3)25-24(23-9-4-5-10-28-23)30-27(35)32(25)13-7-12-31-14-16-34-17-15-31/h4-6,8-11,18,24-25H,7,12-17H2,1-3H3,(H,30,35). The molecular formula is C27H34N6OS. The number of ether oxygens (including phenoxy) is 1. The number of pyridine rings is 2. The molecular weight excluding hydrogens is 456 g/mol. The first kappa shape index (κ1) is 23.9. The number of rotatable bonds is 7. The molecule has 2 aliphatic heterocycles. The van der Waals surface area contributed by atoms with Crippen molar-refractivity contribution in [2.75, 3.05) is 39.4 Å². The molecule has 2 aliphatic rings. The molecule has 2 fully saturated rings. The van der Waals surface area contributed by atoms with Crippen LogP contribution in [0.4, 0.5) is 0 Å². The van der Waals surface area contributed by atoms with Gasteiger partial charge in [0.2, 0.25) is 0 Å². The molecule has 0 radical (unpaired) electrons. The molecule has 0 aromatic carbocycles. The summed E-state index contributed by atoms with van der Waals surface area (Å²) < 4.78 is 7.78. The Kier molecular flexibility index (Phi) is 7.13. The zero-order chi connectivity index (χ0) is 24.4. The van der Waals surface area contributed by atoms with Crippen LogP contribution >= 0.6 is 12.2 Å². The van der Waals surface area contributed by atoms with E-state index in [1.807, 2.05) is 30.6 Å². The first-order valence-electron chi connectivity index (χ1n) is 12.4. The number of nitrogens with zero attached hydrogens (tertiary/aromatic N) is 5. The molecule has 2 unspecified atom stereocenters. The van der Waals surface area contributed by atoms with Crippen LogP contribution in [0, 0.1) is 20.8 Å². The summed E-state index contributed by atoms with van der Waals surface area (Å²) in [6.45, 7) is 12.1. The third kappa shape index (κ3) is 4.83. The lowest BCUT2D eigenvalue weighted by atomic mass is 9.96. The lowest BCUT2D eigenvalue weighted by Crippen LogP contribution is -2.39. The topological polar surface area (TPSA) is 58.5 Å². The molecule has 0 spiro atoms. The van der Waals surface area contributed by atoms with Crippen molar-refractivity contribution < 1.29 is 4.74 Å². The molecule has 0 saturated carbocycles. The highest BCUT2D eigenvalue weighted by atomic mass is 32.1. The summed E-state index contributed by atoms with van der Waals surface area (Å²) in [6, 6.07) is 12.5. The summed E-state index contributed by atoms with van der Waals surface area (Å²) in [6.07, 6.45) is 4.77. The third-order valence-corrected chi connectivity index (χ3v) is 7.51. The highest BCUT2D eigenvalue weighted by molar-refractivity contribution is 7.80. The quantitative estimate of drug-likeness (QED) is 0.504. The van der Waals surface area contributed by atoms with E-state index in [2.05, 4.69) is 58.7 Å². The first-order valence-corrected chi connectivity index (χ1v) is 12.8. The van der Waals surface area contributed by atoms with Gasteiger partial charge >= 0.3 is 0 Å². The number of hydrogen-bond donors (Lipinski definition) is 1. The predicted octanol–water partition coefficient (Wildman–Crippen LogP) is 3.89. The molecule has 1 N–H and O–H groups in total. The first-order chi connectivity index (χ1) is 17.0. The average Bonchev–Trinajstić information content (AvgIpc) is 3.35. The Morgan fingerprint density at radius 3 is 2.57 bits per heavy atom. The normalized spacial score (nSPS) is 20.9. The van der Waals surface area contributed by atoms with Crippen molar-refractivity contribution in [1.29, 1.82) is 0 Å². The van der Waals surface area contributed by atoms with Gasteiger partial charge in [-0.1, -0.05) is 12.1 Å². The predicted molar refractivity (Wildman–Crippen MR) is 142 cm³/mol. The van der Waals surface area contributed by atoms with Crippen LogP contribution in [-0.2, 0) is 4.74 Å². The molecule has 0 aliphatic carbocycles. The van der Waals surface area contributed by atoms with E-state index >= 15 is 0 Å². The molecule has 0 bridgehead atoms. The van der Waals surface area contributed by atoms with Crippen molar-refractivity contribution in [2.24, 2.45) is 0 Å². The Morgan fingerprint density at radius 1 is 1.03 bits per heavy atom. The smallest absolute Gasteiger partial charge is 0.170 e. The van der Waals surface area contributed by atoms with Crippen LogP contribution in [0.1, 0.15) is 46.7 Å². The molecule has 35 heavy (non-hydrogen) atoms. The zero-order valence-electron chi connectivity index (χ0n) is 20.8. The maximum Gasteiger partial charge on any atom is 0.170 e. The second kappa shape index (κ2) is 10.4. The summed E-state index contributed by atoms with van der Waals surface area (Å²) >= 11 is 5.90. The number of hydrogen-bond acceptors (Lipinski definition) is 5. The zero-order valence-corrected chi connectivity index (χ0v) is 21.6. The van der Waals surface area contributed by atoms with Crippen molar-refractivity contribution in [3.8, 4) is 5.82 Å². The molecule has 0 amide bonds. The van der Waals surface area contributed by atoms with E-state index in [0.29, 0.717) is 0 Å². The maximum absolute atomic E-state index is 5.90. The van der Waals surface area contributed by atoms with Gasteiger partial charge in [-0.05, 0) is 74.8 Å². The van der Waals surface area contributed by atoms with Crippen LogP contribution in [0.2, 0.25) is 0 Å². The molecule has 2 saturated heterocycles.